The molecule has 0 unspecified atom stereocenters. The Morgan fingerprint density at radius 2 is 1.68 bits per heavy atom. The number of aromatic nitrogens is 1. The fourth-order valence-corrected chi connectivity index (χ4v) is 2.73. The maximum Gasteiger partial charge on any atom is 0.350 e. The number of carbonyl (C=O) groups is 2. The summed E-state index contributed by atoms with van der Waals surface area (Å²) in [4.78, 5) is 24.3. The smallest absolute Gasteiger partial charge is 0.350 e. The predicted octanol–water partition coefficient (Wildman–Crippen LogP) is 3.82. The first-order valence-electron chi connectivity index (χ1n) is 6.68. The molecular formula is C15H14ClNO4S. The summed E-state index contributed by atoms with van der Waals surface area (Å²) in [5.41, 5.74) is 1.20. The normalized spacial score (nSPS) is 10.3. The molecule has 0 aliphatic heterocycles. The van der Waals surface area contributed by atoms with Gasteiger partial charge in [0.15, 0.2) is 0 Å². The van der Waals surface area contributed by atoms with Crippen molar-refractivity contribution in [3.63, 3.8) is 0 Å². The number of carbonyl (C=O) groups excluding carboxylic acids is 2. The molecule has 0 spiro atoms. The molecule has 0 radical (unpaired) electrons. The zero-order valence-electron chi connectivity index (χ0n) is 12.1. The van der Waals surface area contributed by atoms with Crippen LogP contribution in [-0.4, -0.2) is 29.5 Å². The molecule has 7 heteroatoms. The Morgan fingerprint density at radius 1 is 1.09 bits per heavy atom. The van der Waals surface area contributed by atoms with Crippen molar-refractivity contribution >= 4 is 35.1 Å². The maximum atomic E-state index is 12.2. The highest BCUT2D eigenvalue weighted by atomic mass is 35.5. The molecule has 0 atom stereocenters. The van der Waals surface area contributed by atoms with Gasteiger partial charge in [-0.1, -0.05) is 23.7 Å². The van der Waals surface area contributed by atoms with E-state index in [1.807, 2.05) is 0 Å². The van der Waals surface area contributed by atoms with E-state index >= 15 is 0 Å². The molecule has 0 saturated carbocycles. The van der Waals surface area contributed by atoms with Gasteiger partial charge in [0.05, 0.1) is 18.9 Å². The number of halogens is 1. The second-order valence-electron chi connectivity index (χ2n) is 4.18. The Hall–Kier alpha value is -1.92. The summed E-state index contributed by atoms with van der Waals surface area (Å²) in [5, 5.41) is 0.572. The molecule has 0 amide bonds. The SMILES string of the molecule is CCOC(=O)c1snc(-c2ccc(Cl)cc2)c1C(=O)OCC. The molecule has 116 valence electrons. The Kier molecular flexibility index (Phi) is 5.51. The van der Waals surface area contributed by atoms with Crippen molar-refractivity contribution in [2.45, 2.75) is 13.8 Å². The third-order valence-electron chi connectivity index (χ3n) is 2.75. The lowest BCUT2D eigenvalue weighted by molar-refractivity contribution is 0.0484. The van der Waals surface area contributed by atoms with E-state index in [0.29, 0.717) is 16.3 Å². The molecule has 5 nitrogen and oxygen atoms in total. The van der Waals surface area contributed by atoms with Gasteiger partial charge in [0.2, 0.25) is 0 Å². The maximum absolute atomic E-state index is 12.2. The van der Waals surface area contributed by atoms with Gasteiger partial charge in [-0.3, -0.25) is 0 Å². The minimum absolute atomic E-state index is 0.132. The van der Waals surface area contributed by atoms with Crippen LogP contribution in [0.5, 0.6) is 0 Å². The van der Waals surface area contributed by atoms with Crippen molar-refractivity contribution < 1.29 is 19.1 Å². The number of hydrogen-bond acceptors (Lipinski definition) is 6. The van der Waals surface area contributed by atoms with E-state index in [9.17, 15) is 9.59 Å². The van der Waals surface area contributed by atoms with E-state index in [1.165, 1.54) is 0 Å². The van der Waals surface area contributed by atoms with Crippen LogP contribution in [-0.2, 0) is 9.47 Å². The highest BCUT2D eigenvalue weighted by molar-refractivity contribution is 7.08. The van der Waals surface area contributed by atoms with Crippen molar-refractivity contribution in [2.24, 2.45) is 0 Å². The van der Waals surface area contributed by atoms with Gasteiger partial charge in [0, 0.05) is 10.6 Å². The van der Waals surface area contributed by atoms with Crippen molar-refractivity contribution in [1.82, 2.24) is 4.37 Å². The fraction of sp³-hybridized carbons (Fsp3) is 0.267. The lowest BCUT2D eigenvalue weighted by Crippen LogP contribution is -2.12. The molecule has 2 rings (SSSR count). The van der Waals surface area contributed by atoms with E-state index in [4.69, 9.17) is 21.1 Å². The van der Waals surface area contributed by atoms with Gasteiger partial charge in [-0.2, -0.15) is 4.37 Å². The van der Waals surface area contributed by atoms with Crippen LogP contribution in [0.25, 0.3) is 11.3 Å². The van der Waals surface area contributed by atoms with E-state index in [-0.39, 0.29) is 23.7 Å². The highest BCUT2D eigenvalue weighted by Crippen LogP contribution is 2.30. The molecule has 22 heavy (non-hydrogen) atoms. The number of rotatable bonds is 5. The number of hydrogen-bond donors (Lipinski definition) is 0. The van der Waals surface area contributed by atoms with Crippen molar-refractivity contribution in [3.05, 3.63) is 39.7 Å². The molecule has 0 aliphatic carbocycles. The predicted molar refractivity (Wildman–Crippen MR) is 84.5 cm³/mol. The third kappa shape index (κ3) is 3.45. The Bertz CT molecular complexity index is 681. The number of ether oxygens (including phenoxy) is 2. The molecule has 0 saturated heterocycles. The molecule has 1 aromatic carbocycles. The lowest BCUT2D eigenvalue weighted by atomic mass is 10.1. The summed E-state index contributed by atoms with van der Waals surface area (Å²) in [6, 6.07) is 6.84. The standard InChI is InChI=1S/C15H14ClNO4S/c1-3-20-14(18)11-12(9-5-7-10(16)8-6-9)17-22-13(11)15(19)21-4-2/h5-8H,3-4H2,1-2H3. The van der Waals surface area contributed by atoms with Crippen LogP contribution >= 0.6 is 23.1 Å². The van der Waals surface area contributed by atoms with Gasteiger partial charge < -0.3 is 9.47 Å². The zero-order chi connectivity index (χ0) is 16.1. The molecular weight excluding hydrogens is 326 g/mol. The summed E-state index contributed by atoms with van der Waals surface area (Å²) in [7, 11) is 0. The fourth-order valence-electron chi connectivity index (χ4n) is 1.82. The summed E-state index contributed by atoms with van der Waals surface area (Å²) >= 11 is 6.78. The Morgan fingerprint density at radius 3 is 2.27 bits per heavy atom. The second kappa shape index (κ2) is 7.38. The van der Waals surface area contributed by atoms with Crippen molar-refractivity contribution in [2.75, 3.05) is 13.2 Å². The van der Waals surface area contributed by atoms with Crippen LogP contribution in [0, 0.1) is 0 Å². The van der Waals surface area contributed by atoms with Crippen LogP contribution < -0.4 is 0 Å². The molecule has 0 bridgehead atoms. The second-order valence-corrected chi connectivity index (χ2v) is 5.39. The first-order valence-corrected chi connectivity index (χ1v) is 7.83. The van der Waals surface area contributed by atoms with Crippen LogP contribution in [0.3, 0.4) is 0 Å². The summed E-state index contributed by atoms with van der Waals surface area (Å²) in [5.74, 6) is -1.17. The van der Waals surface area contributed by atoms with Gasteiger partial charge in [0.25, 0.3) is 0 Å². The van der Waals surface area contributed by atoms with Crippen LogP contribution in [0.4, 0.5) is 0 Å². The van der Waals surface area contributed by atoms with Crippen molar-refractivity contribution in [1.29, 1.82) is 0 Å². The molecule has 0 N–H and O–H groups in total. The van der Waals surface area contributed by atoms with Crippen LogP contribution in [0.1, 0.15) is 33.9 Å². The number of benzene rings is 1. The van der Waals surface area contributed by atoms with E-state index in [0.717, 1.165) is 11.5 Å². The minimum atomic E-state index is -0.593. The third-order valence-corrected chi connectivity index (χ3v) is 3.83. The molecule has 2 aromatic rings. The first-order chi connectivity index (χ1) is 10.6. The number of esters is 2. The van der Waals surface area contributed by atoms with E-state index < -0.39 is 11.9 Å². The average Bonchev–Trinajstić information content (AvgIpc) is 2.93. The van der Waals surface area contributed by atoms with E-state index in [2.05, 4.69) is 4.37 Å². The first kappa shape index (κ1) is 16.5. The minimum Gasteiger partial charge on any atom is -0.462 e. The van der Waals surface area contributed by atoms with Gasteiger partial charge in [-0.15, -0.1) is 0 Å². The molecule has 1 aromatic heterocycles. The Labute approximate surface area is 137 Å². The largest absolute Gasteiger partial charge is 0.462 e. The highest BCUT2D eigenvalue weighted by Gasteiger charge is 2.28. The van der Waals surface area contributed by atoms with Crippen molar-refractivity contribution in [3.8, 4) is 11.3 Å². The lowest BCUT2D eigenvalue weighted by Gasteiger charge is -2.06. The summed E-state index contributed by atoms with van der Waals surface area (Å²) in [6.45, 7) is 3.82. The summed E-state index contributed by atoms with van der Waals surface area (Å²) < 4.78 is 14.2. The van der Waals surface area contributed by atoms with Crippen LogP contribution in [0.15, 0.2) is 24.3 Å². The zero-order valence-corrected chi connectivity index (χ0v) is 13.7. The number of nitrogens with zero attached hydrogens (tertiary/aromatic N) is 1. The molecule has 0 fully saturated rings. The topological polar surface area (TPSA) is 65.5 Å². The van der Waals surface area contributed by atoms with Gasteiger partial charge in [-0.25, -0.2) is 9.59 Å². The van der Waals surface area contributed by atoms with Crippen LogP contribution in [0.2, 0.25) is 5.02 Å². The van der Waals surface area contributed by atoms with Gasteiger partial charge in [0.1, 0.15) is 10.4 Å². The molecule has 0 aliphatic rings. The van der Waals surface area contributed by atoms with E-state index in [1.54, 1.807) is 38.1 Å². The summed E-state index contributed by atoms with van der Waals surface area (Å²) in [6.07, 6.45) is 0. The van der Waals surface area contributed by atoms with Gasteiger partial charge >= 0.3 is 11.9 Å². The average molecular weight is 340 g/mol. The monoisotopic (exact) mass is 339 g/mol. The molecule has 1 heterocycles. The van der Waals surface area contributed by atoms with Gasteiger partial charge in [-0.05, 0) is 37.5 Å². The Balaban J connectivity index is 2.52. The quantitative estimate of drug-likeness (QED) is 0.775.